The first-order chi connectivity index (χ1) is 11.2. The number of hydrogen-bond donors (Lipinski definition) is 2. The Morgan fingerprint density at radius 1 is 1.00 bits per heavy atom. The van der Waals surface area contributed by atoms with Gasteiger partial charge in [-0.05, 0) is 23.3 Å². The molecule has 0 saturated heterocycles. The summed E-state index contributed by atoms with van der Waals surface area (Å²) in [5, 5.41) is 12.2. The van der Waals surface area contributed by atoms with Gasteiger partial charge in [0.2, 0.25) is 0 Å². The molecule has 3 rings (SSSR count). The van der Waals surface area contributed by atoms with E-state index in [0.29, 0.717) is 22.7 Å². The fraction of sp³-hybridized carbons (Fsp3) is 0. The Bertz CT molecular complexity index is 845. The van der Waals surface area contributed by atoms with Gasteiger partial charge >= 0.3 is 0 Å². The number of pyridine rings is 1. The van der Waals surface area contributed by atoms with Crippen molar-refractivity contribution in [2.45, 2.75) is 0 Å². The molecule has 23 heavy (non-hydrogen) atoms. The molecular formula is C18H15BN4. The number of nitrogens with zero attached hydrogens (tertiary/aromatic N) is 2. The van der Waals surface area contributed by atoms with Crippen LogP contribution in [-0.2, 0) is 0 Å². The molecule has 0 aliphatic carbocycles. The minimum atomic E-state index is 0.426. The topological polar surface area (TPSA) is 74.7 Å². The maximum atomic E-state index is 9.03. The minimum Gasteiger partial charge on any atom is -0.398 e. The Hall–Kier alpha value is -3.26. The molecule has 0 saturated carbocycles. The predicted octanol–water partition coefficient (Wildman–Crippen LogP) is 2.20. The monoisotopic (exact) mass is 298 g/mol. The SMILES string of the molecule is Bc1nc(Nc2ccc(-c3ccccc3)cc2)cc(N)c1C#N. The van der Waals surface area contributed by atoms with Crippen LogP contribution in [0, 0.1) is 11.3 Å². The lowest BCUT2D eigenvalue weighted by Gasteiger charge is -2.10. The minimum absolute atomic E-state index is 0.426. The summed E-state index contributed by atoms with van der Waals surface area (Å²) in [6.07, 6.45) is 0. The highest BCUT2D eigenvalue weighted by atomic mass is 15.0. The molecule has 1 aromatic heterocycles. The second kappa shape index (κ2) is 6.24. The van der Waals surface area contributed by atoms with E-state index < -0.39 is 0 Å². The molecule has 110 valence electrons. The van der Waals surface area contributed by atoms with Crippen molar-refractivity contribution in [3.8, 4) is 17.2 Å². The van der Waals surface area contributed by atoms with Gasteiger partial charge in [-0.1, -0.05) is 42.5 Å². The molecule has 0 aliphatic heterocycles. The lowest BCUT2D eigenvalue weighted by molar-refractivity contribution is 1.34. The third-order valence-electron chi connectivity index (χ3n) is 3.61. The second-order valence-electron chi connectivity index (χ2n) is 5.24. The molecule has 2 aromatic carbocycles. The van der Waals surface area contributed by atoms with Crippen molar-refractivity contribution in [2.24, 2.45) is 0 Å². The molecule has 3 aromatic rings. The largest absolute Gasteiger partial charge is 0.398 e. The third kappa shape index (κ3) is 3.17. The Kier molecular flexibility index (Phi) is 3.98. The number of nitriles is 1. The van der Waals surface area contributed by atoms with Crippen LogP contribution in [-0.4, -0.2) is 12.8 Å². The first-order valence-electron chi connectivity index (χ1n) is 7.27. The zero-order valence-electron chi connectivity index (χ0n) is 12.7. The Morgan fingerprint density at radius 2 is 1.65 bits per heavy atom. The van der Waals surface area contributed by atoms with Crippen LogP contribution in [0.3, 0.4) is 0 Å². The van der Waals surface area contributed by atoms with Crippen LogP contribution >= 0.6 is 0 Å². The van der Waals surface area contributed by atoms with Crippen molar-refractivity contribution in [2.75, 3.05) is 11.1 Å². The summed E-state index contributed by atoms with van der Waals surface area (Å²) in [5.41, 5.74) is 10.6. The molecule has 0 unspecified atom stereocenters. The van der Waals surface area contributed by atoms with Gasteiger partial charge in [0.15, 0.2) is 7.85 Å². The molecule has 0 fully saturated rings. The van der Waals surface area contributed by atoms with Gasteiger partial charge in [0, 0.05) is 17.3 Å². The van der Waals surface area contributed by atoms with Gasteiger partial charge in [0.05, 0.1) is 11.3 Å². The predicted molar refractivity (Wildman–Crippen MR) is 96.7 cm³/mol. The van der Waals surface area contributed by atoms with Gasteiger partial charge in [0.25, 0.3) is 0 Å². The van der Waals surface area contributed by atoms with Gasteiger partial charge in [0.1, 0.15) is 11.9 Å². The van der Waals surface area contributed by atoms with Crippen molar-refractivity contribution in [3.63, 3.8) is 0 Å². The van der Waals surface area contributed by atoms with Gasteiger partial charge in [-0.15, -0.1) is 0 Å². The molecule has 5 heteroatoms. The maximum Gasteiger partial charge on any atom is 0.165 e. The molecule has 1 heterocycles. The fourth-order valence-electron chi connectivity index (χ4n) is 2.43. The van der Waals surface area contributed by atoms with Gasteiger partial charge in [-0.2, -0.15) is 5.26 Å². The van der Waals surface area contributed by atoms with Crippen molar-refractivity contribution < 1.29 is 0 Å². The number of aromatic nitrogens is 1. The molecule has 0 bridgehead atoms. The van der Waals surface area contributed by atoms with E-state index in [0.717, 1.165) is 11.3 Å². The zero-order chi connectivity index (χ0) is 16.2. The van der Waals surface area contributed by atoms with E-state index >= 15 is 0 Å². The van der Waals surface area contributed by atoms with Crippen LogP contribution < -0.4 is 16.6 Å². The van der Waals surface area contributed by atoms with Gasteiger partial charge in [-0.3, -0.25) is 0 Å². The van der Waals surface area contributed by atoms with E-state index in [1.807, 2.05) is 30.3 Å². The van der Waals surface area contributed by atoms with Crippen LogP contribution in [0.5, 0.6) is 0 Å². The van der Waals surface area contributed by atoms with E-state index in [2.05, 4.69) is 40.6 Å². The summed E-state index contributed by atoms with van der Waals surface area (Å²) < 4.78 is 0. The Labute approximate surface area is 136 Å². The summed E-state index contributed by atoms with van der Waals surface area (Å²) in [7, 11) is 1.78. The molecule has 4 nitrogen and oxygen atoms in total. The molecule has 0 atom stereocenters. The molecule has 0 spiro atoms. The summed E-state index contributed by atoms with van der Waals surface area (Å²) in [4.78, 5) is 4.37. The lowest BCUT2D eigenvalue weighted by Crippen LogP contribution is -2.16. The third-order valence-corrected chi connectivity index (χ3v) is 3.61. The summed E-state index contributed by atoms with van der Waals surface area (Å²) in [5.74, 6) is 0.631. The highest BCUT2D eigenvalue weighted by Gasteiger charge is 2.07. The smallest absolute Gasteiger partial charge is 0.165 e. The average molecular weight is 298 g/mol. The number of nitrogens with two attached hydrogens (primary N) is 1. The van der Waals surface area contributed by atoms with Gasteiger partial charge < -0.3 is 11.1 Å². The highest BCUT2D eigenvalue weighted by molar-refractivity contribution is 6.32. The molecule has 0 radical (unpaired) electrons. The van der Waals surface area contributed by atoms with E-state index in [4.69, 9.17) is 11.0 Å². The fourth-order valence-corrected chi connectivity index (χ4v) is 2.43. The van der Waals surface area contributed by atoms with Crippen molar-refractivity contribution in [1.29, 1.82) is 5.26 Å². The van der Waals surface area contributed by atoms with Crippen LogP contribution in [0.4, 0.5) is 17.2 Å². The second-order valence-corrected chi connectivity index (χ2v) is 5.24. The average Bonchev–Trinajstić information content (AvgIpc) is 2.56. The molecule has 0 amide bonds. The van der Waals surface area contributed by atoms with E-state index in [-0.39, 0.29) is 0 Å². The molecule has 0 aliphatic rings. The summed E-state index contributed by atoms with van der Waals surface area (Å²) >= 11 is 0. The molecule has 3 N–H and O–H groups in total. The van der Waals surface area contributed by atoms with E-state index in [9.17, 15) is 0 Å². The van der Waals surface area contributed by atoms with Crippen LogP contribution in [0.1, 0.15) is 5.56 Å². The van der Waals surface area contributed by atoms with Crippen LogP contribution in [0.2, 0.25) is 0 Å². The van der Waals surface area contributed by atoms with Crippen LogP contribution in [0.15, 0.2) is 60.7 Å². The normalized spacial score (nSPS) is 10.0. The summed E-state index contributed by atoms with van der Waals surface area (Å²) in [6, 6.07) is 22.0. The van der Waals surface area contributed by atoms with Crippen molar-refractivity contribution in [1.82, 2.24) is 4.98 Å². The number of nitrogens with one attached hydrogen (secondary N) is 1. The zero-order valence-corrected chi connectivity index (χ0v) is 12.7. The Balaban J connectivity index is 1.83. The Morgan fingerprint density at radius 3 is 2.26 bits per heavy atom. The quantitative estimate of drug-likeness (QED) is 0.727. The summed E-state index contributed by atoms with van der Waals surface area (Å²) in [6.45, 7) is 0. The number of benzene rings is 2. The van der Waals surface area contributed by atoms with Gasteiger partial charge in [-0.25, -0.2) is 4.98 Å². The first kappa shape index (κ1) is 14.7. The highest BCUT2D eigenvalue weighted by Crippen LogP contribution is 2.23. The molecular weight excluding hydrogens is 283 g/mol. The first-order valence-corrected chi connectivity index (χ1v) is 7.27. The van der Waals surface area contributed by atoms with Crippen molar-refractivity contribution >= 4 is 30.6 Å². The number of nitrogen functional groups attached to an aromatic ring is 1. The number of rotatable bonds is 3. The van der Waals surface area contributed by atoms with Crippen molar-refractivity contribution in [3.05, 3.63) is 66.2 Å². The van der Waals surface area contributed by atoms with E-state index in [1.54, 1.807) is 13.9 Å². The maximum absolute atomic E-state index is 9.03. The number of anilines is 3. The standard InChI is InChI=1S/C18H15BN4/c19-18-15(11-20)16(21)10-17(23-18)22-14-8-6-13(7-9-14)12-4-2-1-3-5-12/h1-10H,19H2,(H3,21,22,23). The number of hydrogen-bond acceptors (Lipinski definition) is 4. The lowest BCUT2D eigenvalue weighted by atomic mass is 9.97. The van der Waals surface area contributed by atoms with Crippen LogP contribution in [0.25, 0.3) is 11.1 Å². The van der Waals surface area contributed by atoms with E-state index in [1.165, 1.54) is 5.56 Å².